The Balaban J connectivity index is 2.39. The van der Waals surface area contributed by atoms with Crippen LogP contribution < -0.4 is 5.32 Å². The van der Waals surface area contributed by atoms with Gasteiger partial charge in [-0.15, -0.1) is 11.8 Å². The number of rotatable bonds is 5. The van der Waals surface area contributed by atoms with Crippen molar-refractivity contribution in [2.24, 2.45) is 0 Å². The summed E-state index contributed by atoms with van der Waals surface area (Å²) in [6.45, 7) is 0.459. The second kappa shape index (κ2) is 7.41. The van der Waals surface area contributed by atoms with Crippen LogP contribution in [0.15, 0.2) is 35.1 Å². The Labute approximate surface area is 117 Å². The molecule has 4 nitrogen and oxygen atoms in total. The van der Waals surface area contributed by atoms with Gasteiger partial charge in [0.2, 0.25) is 0 Å². The molecule has 104 valence electrons. The van der Waals surface area contributed by atoms with Crippen LogP contribution in [-0.2, 0) is 6.18 Å². The third-order valence-electron chi connectivity index (χ3n) is 2.05. The highest BCUT2D eigenvalue weighted by molar-refractivity contribution is 7.99. The lowest BCUT2D eigenvalue weighted by Crippen LogP contribution is -2.10. The molecule has 1 aromatic rings. The van der Waals surface area contributed by atoms with Gasteiger partial charge in [-0.2, -0.15) is 23.7 Å². The normalized spacial score (nSPS) is 10.2. The number of nitriles is 2. The first-order valence-electron chi connectivity index (χ1n) is 5.37. The first-order valence-corrected chi connectivity index (χ1v) is 6.35. The molecule has 0 saturated carbocycles. The van der Waals surface area contributed by atoms with Crippen LogP contribution in [0.25, 0.3) is 0 Å². The Morgan fingerprint density at radius 2 is 2.05 bits per heavy atom. The highest BCUT2D eigenvalue weighted by Gasteiger charge is 2.30. The summed E-state index contributed by atoms with van der Waals surface area (Å²) in [4.78, 5) is 3.71. The van der Waals surface area contributed by atoms with Crippen LogP contribution in [0.5, 0.6) is 0 Å². The Morgan fingerprint density at radius 3 is 2.55 bits per heavy atom. The summed E-state index contributed by atoms with van der Waals surface area (Å²) < 4.78 is 36.9. The topological polar surface area (TPSA) is 72.5 Å². The van der Waals surface area contributed by atoms with Crippen molar-refractivity contribution in [2.75, 3.05) is 12.3 Å². The number of pyridine rings is 1. The summed E-state index contributed by atoms with van der Waals surface area (Å²) in [6.07, 6.45) is -2.30. The fourth-order valence-electron chi connectivity index (χ4n) is 1.11. The fourth-order valence-corrected chi connectivity index (χ4v) is 1.83. The van der Waals surface area contributed by atoms with Crippen LogP contribution in [0.1, 0.15) is 5.56 Å². The third-order valence-corrected chi connectivity index (χ3v) is 2.99. The van der Waals surface area contributed by atoms with Crippen LogP contribution in [0, 0.1) is 22.7 Å². The lowest BCUT2D eigenvalue weighted by Gasteiger charge is -2.06. The summed E-state index contributed by atoms with van der Waals surface area (Å²) in [6, 6.07) is 5.67. The molecule has 20 heavy (non-hydrogen) atoms. The van der Waals surface area contributed by atoms with Gasteiger partial charge in [0.25, 0.3) is 0 Å². The second-order valence-electron chi connectivity index (χ2n) is 3.47. The number of nitrogens with zero attached hydrogens (tertiary/aromatic N) is 3. The minimum absolute atomic E-state index is 0.0392. The zero-order chi connectivity index (χ0) is 15.0. The van der Waals surface area contributed by atoms with E-state index in [9.17, 15) is 13.2 Å². The van der Waals surface area contributed by atoms with Gasteiger partial charge in [-0.25, -0.2) is 4.98 Å². The highest BCUT2D eigenvalue weighted by Crippen LogP contribution is 2.29. The number of aromatic nitrogens is 1. The van der Waals surface area contributed by atoms with E-state index in [1.54, 1.807) is 12.1 Å². The van der Waals surface area contributed by atoms with Crippen molar-refractivity contribution in [3.8, 4) is 12.1 Å². The zero-order valence-electron chi connectivity index (χ0n) is 10.1. The predicted molar refractivity (Wildman–Crippen MR) is 67.3 cm³/mol. The summed E-state index contributed by atoms with van der Waals surface area (Å²) in [7, 11) is 0. The molecule has 0 unspecified atom stereocenters. The molecule has 0 saturated heterocycles. The third kappa shape index (κ3) is 5.21. The quantitative estimate of drug-likeness (QED) is 0.514. The van der Waals surface area contributed by atoms with Crippen LogP contribution in [0.3, 0.4) is 0 Å². The fraction of sp³-hybridized carbons (Fsp3) is 0.250. The number of alkyl halides is 3. The van der Waals surface area contributed by atoms with Gasteiger partial charge in [-0.1, -0.05) is 0 Å². The minimum Gasteiger partial charge on any atom is -0.388 e. The van der Waals surface area contributed by atoms with E-state index in [0.29, 0.717) is 17.3 Å². The van der Waals surface area contributed by atoms with E-state index >= 15 is 0 Å². The van der Waals surface area contributed by atoms with E-state index in [0.717, 1.165) is 12.3 Å². The SMILES string of the molecule is N#CC(C#N)=CNCCSc1ccc(C(F)(F)F)cn1. The van der Waals surface area contributed by atoms with Gasteiger partial charge in [0.1, 0.15) is 17.7 Å². The average Bonchev–Trinajstić information content (AvgIpc) is 2.42. The molecule has 0 aliphatic heterocycles. The van der Waals surface area contributed by atoms with Crippen molar-refractivity contribution in [3.63, 3.8) is 0 Å². The Morgan fingerprint density at radius 1 is 1.35 bits per heavy atom. The molecule has 0 spiro atoms. The summed E-state index contributed by atoms with van der Waals surface area (Å²) in [5, 5.41) is 20.2. The van der Waals surface area contributed by atoms with Gasteiger partial charge >= 0.3 is 6.18 Å². The Bertz CT molecular complexity index is 536. The molecule has 1 N–H and O–H groups in total. The zero-order valence-corrected chi connectivity index (χ0v) is 10.9. The average molecular weight is 298 g/mol. The van der Waals surface area contributed by atoms with Gasteiger partial charge < -0.3 is 5.32 Å². The maximum atomic E-state index is 12.3. The number of hydrogen-bond acceptors (Lipinski definition) is 5. The van der Waals surface area contributed by atoms with Crippen molar-refractivity contribution in [3.05, 3.63) is 35.7 Å². The standard InChI is InChI=1S/C12H9F3N4S/c13-12(14,15)10-1-2-11(19-8-10)20-4-3-18-7-9(5-16)6-17/h1-2,7-8,18H,3-4H2. The minimum atomic E-state index is -4.38. The lowest BCUT2D eigenvalue weighted by atomic mass is 10.3. The monoisotopic (exact) mass is 298 g/mol. The Kier molecular flexibility index (Phi) is 5.88. The van der Waals surface area contributed by atoms with E-state index in [2.05, 4.69) is 10.3 Å². The molecule has 1 rings (SSSR count). The first kappa shape index (κ1) is 15.9. The summed E-state index contributed by atoms with van der Waals surface area (Å²) >= 11 is 1.27. The molecule has 0 aromatic carbocycles. The van der Waals surface area contributed by atoms with Crippen LogP contribution >= 0.6 is 11.8 Å². The molecular weight excluding hydrogens is 289 g/mol. The van der Waals surface area contributed by atoms with Crippen molar-refractivity contribution < 1.29 is 13.2 Å². The molecule has 0 atom stereocenters. The molecule has 0 aliphatic rings. The van der Waals surface area contributed by atoms with E-state index < -0.39 is 11.7 Å². The molecule has 0 fully saturated rings. The maximum Gasteiger partial charge on any atom is 0.417 e. The first-order chi connectivity index (χ1) is 9.47. The molecule has 0 bridgehead atoms. The highest BCUT2D eigenvalue weighted by atomic mass is 32.2. The smallest absolute Gasteiger partial charge is 0.388 e. The van der Waals surface area contributed by atoms with Crippen molar-refractivity contribution in [1.29, 1.82) is 10.5 Å². The van der Waals surface area contributed by atoms with Crippen LogP contribution in [0.2, 0.25) is 0 Å². The maximum absolute atomic E-state index is 12.3. The van der Waals surface area contributed by atoms with Gasteiger partial charge in [-0.3, -0.25) is 0 Å². The second-order valence-corrected chi connectivity index (χ2v) is 4.58. The molecule has 0 radical (unpaired) electrons. The molecule has 1 heterocycles. The van der Waals surface area contributed by atoms with Gasteiger partial charge in [0, 0.05) is 24.7 Å². The van der Waals surface area contributed by atoms with E-state index in [4.69, 9.17) is 10.5 Å². The Hall–Kier alpha value is -2.19. The molecule has 0 amide bonds. The van der Waals surface area contributed by atoms with Gasteiger partial charge in [0.05, 0.1) is 10.6 Å². The molecule has 1 aromatic heterocycles. The van der Waals surface area contributed by atoms with Gasteiger partial charge in [-0.05, 0) is 12.1 Å². The van der Waals surface area contributed by atoms with E-state index in [1.165, 1.54) is 24.0 Å². The summed E-state index contributed by atoms with van der Waals surface area (Å²) in [5.41, 5.74) is -0.821. The lowest BCUT2D eigenvalue weighted by molar-refractivity contribution is -0.137. The van der Waals surface area contributed by atoms with Gasteiger partial charge in [0.15, 0.2) is 0 Å². The number of thioether (sulfide) groups is 1. The largest absolute Gasteiger partial charge is 0.417 e. The summed E-state index contributed by atoms with van der Waals surface area (Å²) in [5.74, 6) is 0.541. The van der Waals surface area contributed by atoms with Crippen LogP contribution in [0.4, 0.5) is 13.2 Å². The van der Waals surface area contributed by atoms with E-state index in [-0.39, 0.29) is 5.57 Å². The number of halogens is 3. The van der Waals surface area contributed by atoms with Crippen LogP contribution in [-0.4, -0.2) is 17.3 Å². The van der Waals surface area contributed by atoms with E-state index in [1.807, 2.05) is 0 Å². The predicted octanol–water partition coefficient (Wildman–Crippen LogP) is 2.71. The number of nitrogens with one attached hydrogen (secondary N) is 1. The van der Waals surface area contributed by atoms with Crippen molar-refractivity contribution >= 4 is 11.8 Å². The van der Waals surface area contributed by atoms with Crippen molar-refractivity contribution in [1.82, 2.24) is 10.3 Å². The molecule has 0 aliphatic carbocycles. The number of hydrogen-bond donors (Lipinski definition) is 1. The molecule has 8 heteroatoms. The number of allylic oxidation sites excluding steroid dienone is 1. The van der Waals surface area contributed by atoms with Crippen molar-refractivity contribution in [2.45, 2.75) is 11.2 Å². The molecular formula is C12H9F3N4S.